The molecule has 6 nitrogen and oxygen atoms in total. The monoisotopic (exact) mass is 460 g/mol. The van der Waals surface area contributed by atoms with Crippen LogP contribution in [0.25, 0.3) is 11.0 Å². The summed E-state index contributed by atoms with van der Waals surface area (Å²) in [6.45, 7) is 11.6. The summed E-state index contributed by atoms with van der Waals surface area (Å²) in [5.74, 6) is -0.395. The largest absolute Gasteiger partial charge is 0.464 e. The van der Waals surface area contributed by atoms with Crippen LogP contribution in [-0.4, -0.2) is 34.7 Å². The van der Waals surface area contributed by atoms with Crippen molar-refractivity contribution in [2.75, 3.05) is 13.1 Å². The average Bonchev–Trinajstić information content (AvgIpc) is 2.80. The van der Waals surface area contributed by atoms with E-state index in [0.29, 0.717) is 23.1 Å². The highest BCUT2D eigenvalue weighted by Gasteiger charge is 2.29. The number of amides is 2. The van der Waals surface area contributed by atoms with E-state index in [2.05, 4.69) is 6.58 Å². The molecule has 0 N–H and O–H groups in total. The minimum atomic E-state index is -0.634. The highest BCUT2D eigenvalue weighted by molar-refractivity contribution is 5.87. The van der Waals surface area contributed by atoms with E-state index in [1.165, 1.54) is 11.2 Å². The number of carbonyl (C=O) groups excluding carboxylic acids is 2. The van der Waals surface area contributed by atoms with Crippen molar-refractivity contribution in [1.82, 2.24) is 9.80 Å². The molecule has 0 saturated heterocycles. The Morgan fingerprint density at radius 1 is 1.03 bits per heavy atom. The van der Waals surface area contributed by atoms with E-state index in [1.54, 1.807) is 23.1 Å². The van der Waals surface area contributed by atoms with Crippen LogP contribution in [0.15, 0.2) is 76.7 Å². The summed E-state index contributed by atoms with van der Waals surface area (Å²) in [5, 5.41) is 0.487. The van der Waals surface area contributed by atoms with Crippen molar-refractivity contribution in [1.29, 1.82) is 0 Å². The molecule has 2 aromatic carbocycles. The van der Waals surface area contributed by atoms with Crippen molar-refractivity contribution in [3.05, 3.63) is 94.4 Å². The number of fused-ring (bicyclic) bond motifs is 1. The van der Waals surface area contributed by atoms with Gasteiger partial charge in [0.1, 0.15) is 12.1 Å². The average molecular weight is 461 g/mol. The van der Waals surface area contributed by atoms with E-state index in [4.69, 9.17) is 4.42 Å². The lowest BCUT2D eigenvalue weighted by atomic mass is 9.94. The first-order chi connectivity index (χ1) is 16.1. The first kappa shape index (κ1) is 25.0. The molecule has 0 aliphatic carbocycles. The molecule has 0 atom stereocenters. The normalized spacial score (nSPS) is 11.3. The summed E-state index contributed by atoms with van der Waals surface area (Å²) in [4.78, 5) is 42.6. The highest BCUT2D eigenvalue weighted by Crippen LogP contribution is 2.19. The van der Waals surface area contributed by atoms with Gasteiger partial charge in [-0.2, -0.15) is 0 Å². The Bertz CT molecular complexity index is 1240. The van der Waals surface area contributed by atoms with Crippen LogP contribution in [0, 0.1) is 12.3 Å². The van der Waals surface area contributed by atoms with Gasteiger partial charge in [-0.05, 0) is 24.6 Å². The molecular formula is C28H32N2O4. The van der Waals surface area contributed by atoms with E-state index >= 15 is 0 Å². The van der Waals surface area contributed by atoms with Crippen LogP contribution in [0.4, 0.5) is 0 Å². The van der Waals surface area contributed by atoms with Crippen LogP contribution in [0.5, 0.6) is 0 Å². The third kappa shape index (κ3) is 6.01. The topological polar surface area (TPSA) is 70.8 Å². The molecule has 1 heterocycles. The van der Waals surface area contributed by atoms with Gasteiger partial charge >= 0.3 is 0 Å². The molecule has 0 aliphatic rings. The number of hydrogen-bond donors (Lipinski definition) is 0. The van der Waals surface area contributed by atoms with Crippen LogP contribution in [-0.2, 0) is 22.7 Å². The second kappa shape index (κ2) is 10.5. The van der Waals surface area contributed by atoms with Crippen molar-refractivity contribution in [2.24, 2.45) is 5.41 Å². The van der Waals surface area contributed by atoms with Gasteiger partial charge in [0.05, 0.1) is 23.8 Å². The molecule has 2 amide bonds. The molecule has 34 heavy (non-hydrogen) atoms. The van der Waals surface area contributed by atoms with Crippen LogP contribution in [0.3, 0.4) is 0 Å². The van der Waals surface area contributed by atoms with E-state index in [0.717, 1.165) is 11.1 Å². The summed E-state index contributed by atoms with van der Waals surface area (Å²) in [5.41, 5.74) is 1.98. The number of aryl methyl sites for hydroxylation is 1. The van der Waals surface area contributed by atoms with E-state index in [-0.39, 0.29) is 36.9 Å². The SMILES string of the molecule is C=CCN(CC(=O)N(Cc1ccccc1)Cc1coc2ccc(C)cc2c1=O)C(=O)C(C)(C)C. The predicted molar refractivity (Wildman–Crippen MR) is 134 cm³/mol. The smallest absolute Gasteiger partial charge is 0.242 e. The fourth-order valence-electron chi connectivity index (χ4n) is 3.75. The zero-order chi connectivity index (χ0) is 24.9. The standard InChI is InChI=1S/C28H32N2O4/c1-6-14-29(27(33)28(3,4)5)18-25(31)30(16-21-10-8-7-9-11-21)17-22-19-34-24-13-12-20(2)15-23(24)26(22)32/h6-13,15,19H,1,14,16-18H2,2-5H3. The van der Waals surface area contributed by atoms with Crippen LogP contribution >= 0.6 is 0 Å². The summed E-state index contributed by atoms with van der Waals surface area (Å²) in [7, 11) is 0. The second-order valence-corrected chi connectivity index (χ2v) is 9.55. The number of hydrogen-bond acceptors (Lipinski definition) is 4. The summed E-state index contributed by atoms with van der Waals surface area (Å²) in [6.07, 6.45) is 3.03. The maximum atomic E-state index is 13.5. The van der Waals surface area contributed by atoms with Gasteiger partial charge in [0.15, 0.2) is 5.43 Å². The Kier molecular flexibility index (Phi) is 7.72. The summed E-state index contributed by atoms with van der Waals surface area (Å²) in [6, 6.07) is 15.0. The molecule has 0 saturated carbocycles. The van der Waals surface area contributed by atoms with E-state index in [1.807, 2.05) is 64.1 Å². The Morgan fingerprint density at radius 2 is 1.74 bits per heavy atom. The molecule has 178 valence electrons. The lowest BCUT2D eigenvalue weighted by Crippen LogP contribution is -2.46. The lowest BCUT2D eigenvalue weighted by molar-refractivity contribution is -0.145. The van der Waals surface area contributed by atoms with Crippen molar-refractivity contribution < 1.29 is 14.0 Å². The second-order valence-electron chi connectivity index (χ2n) is 9.55. The summed E-state index contributed by atoms with van der Waals surface area (Å²) < 4.78 is 5.70. The van der Waals surface area contributed by atoms with Crippen molar-refractivity contribution >= 4 is 22.8 Å². The number of benzene rings is 2. The van der Waals surface area contributed by atoms with E-state index < -0.39 is 5.41 Å². The van der Waals surface area contributed by atoms with Gasteiger partial charge in [0.25, 0.3) is 0 Å². The molecule has 0 radical (unpaired) electrons. The molecule has 0 aliphatic heterocycles. The van der Waals surface area contributed by atoms with E-state index in [9.17, 15) is 14.4 Å². The van der Waals surface area contributed by atoms with Crippen molar-refractivity contribution in [2.45, 2.75) is 40.8 Å². The quantitative estimate of drug-likeness (QED) is 0.457. The van der Waals surface area contributed by atoms with Gasteiger partial charge in [-0.3, -0.25) is 14.4 Å². The first-order valence-corrected chi connectivity index (χ1v) is 11.3. The molecule has 3 aromatic rings. The first-order valence-electron chi connectivity index (χ1n) is 11.3. The van der Waals surface area contributed by atoms with Crippen LogP contribution in [0.1, 0.15) is 37.5 Å². The molecule has 0 bridgehead atoms. The number of carbonyl (C=O) groups is 2. The number of rotatable bonds is 8. The molecule has 6 heteroatoms. The summed E-state index contributed by atoms with van der Waals surface area (Å²) >= 11 is 0. The Hall–Kier alpha value is -3.67. The van der Waals surface area contributed by atoms with Crippen LogP contribution < -0.4 is 5.43 Å². The number of nitrogens with zero attached hydrogens (tertiary/aromatic N) is 2. The predicted octanol–water partition coefficient (Wildman–Crippen LogP) is 4.69. The minimum Gasteiger partial charge on any atom is -0.464 e. The molecule has 0 fully saturated rings. The van der Waals surface area contributed by atoms with Crippen molar-refractivity contribution in [3.63, 3.8) is 0 Å². The molecule has 1 aromatic heterocycles. The molecule has 0 spiro atoms. The Balaban J connectivity index is 1.94. The fourth-order valence-corrected chi connectivity index (χ4v) is 3.75. The van der Waals surface area contributed by atoms with Gasteiger partial charge in [0.2, 0.25) is 11.8 Å². The maximum Gasteiger partial charge on any atom is 0.242 e. The lowest BCUT2D eigenvalue weighted by Gasteiger charge is -2.31. The zero-order valence-electron chi connectivity index (χ0n) is 20.3. The van der Waals surface area contributed by atoms with Crippen LogP contribution in [0.2, 0.25) is 0 Å². The van der Waals surface area contributed by atoms with Gasteiger partial charge in [-0.25, -0.2) is 0 Å². The zero-order valence-corrected chi connectivity index (χ0v) is 20.3. The third-order valence-electron chi connectivity index (χ3n) is 5.53. The van der Waals surface area contributed by atoms with Gasteiger partial charge in [-0.15, -0.1) is 6.58 Å². The minimum absolute atomic E-state index is 0.0750. The fraction of sp³-hybridized carbons (Fsp3) is 0.321. The molecule has 0 unspecified atom stereocenters. The maximum absolute atomic E-state index is 13.5. The highest BCUT2D eigenvalue weighted by atomic mass is 16.3. The Labute approximate surface area is 200 Å². The van der Waals surface area contributed by atoms with Crippen molar-refractivity contribution in [3.8, 4) is 0 Å². The van der Waals surface area contributed by atoms with Gasteiger partial charge in [-0.1, -0.05) is 68.8 Å². The van der Waals surface area contributed by atoms with Gasteiger partial charge < -0.3 is 14.2 Å². The van der Waals surface area contributed by atoms with Gasteiger partial charge in [0, 0.05) is 18.5 Å². The Morgan fingerprint density at radius 3 is 2.38 bits per heavy atom. The third-order valence-corrected chi connectivity index (χ3v) is 5.53. The molecular weight excluding hydrogens is 428 g/mol. The molecule has 3 rings (SSSR count).